The van der Waals surface area contributed by atoms with Gasteiger partial charge in [-0.1, -0.05) is 13.3 Å². The van der Waals surface area contributed by atoms with Crippen LogP contribution in [-0.2, 0) is 4.74 Å². The van der Waals surface area contributed by atoms with Crippen LogP contribution >= 0.6 is 0 Å². The van der Waals surface area contributed by atoms with E-state index in [0.717, 1.165) is 6.54 Å². The molecule has 1 unspecified atom stereocenters. The molecule has 1 fully saturated rings. The van der Waals surface area contributed by atoms with Crippen LogP contribution in [0.2, 0.25) is 0 Å². The maximum absolute atomic E-state index is 11.7. The van der Waals surface area contributed by atoms with Crippen molar-refractivity contribution < 1.29 is 9.53 Å². The summed E-state index contributed by atoms with van der Waals surface area (Å²) in [5.41, 5.74) is -0.429. The van der Waals surface area contributed by atoms with E-state index in [-0.39, 0.29) is 11.6 Å². The molecule has 1 amide bonds. The number of rotatable bonds is 7. The van der Waals surface area contributed by atoms with Crippen molar-refractivity contribution in [1.82, 2.24) is 10.6 Å². The van der Waals surface area contributed by atoms with Crippen LogP contribution in [0.15, 0.2) is 0 Å². The summed E-state index contributed by atoms with van der Waals surface area (Å²) in [7, 11) is 0. The highest BCUT2D eigenvalue weighted by Crippen LogP contribution is 2.39. The van der Waals surface area contributed by atoms with Gasteiger partial charge >= 0.3 is 6.09 Å². The van der Waals surface area contributed by atoms with Crippen LogP contribution < -0.4 is 10.6 Å². The van der Waals surface area contributed by atoms with Crippen molar-refractivity contribution in [2.75, 3.05) is 13.1 Å². The average molecular weight is 270 g/mol. The van der Waals surface area contributed by atoms with Crippen LogP contribution in [0, 0.1) is 5.92 Å². The quantitative estimate of drug-likeness (QED) is 0.699. The predicted octanol–water partition coefficient (Wildman–Crippen LogP) is 3.07. The van der Waals surface area contributed by atoms with Crippen LogP contribution in [0.4, 0.5) is 4.79 Å². The summed E-state index contributed by atoms with van der Waals surface area (Å²) < 4.78 is 5.28. The third kappa shape index (κ3) is 6.28. The second kappa shape index (κ2) is 6.60. The maximum atomic E-state index is 11.7. The van der Waals surface area contributed by atoms with E-state index >= 15 is 0 Å². The molecule has 4 heteroatoms. The van der Waals surface area contributed by atoms with Gasteiger partial charge in [0.2, 0.25) is 0 Å². The van der Waals surface area contributed by atoms with Crippen LogP contribution in [0.3, 0.4) is 0 Å². The van der Waals surface area contributed by atoms with Crippen LogP contribution in [0.5, 0.6) is 0 Å². The lowest BCUT2D eigenvalue weighted by molar-refractivity contribution is 0.0508. The van der Waals surface area contributed by atoms with Crippen LogP contribution in [-0.4, -0.2) is 30.3 Å². The molecule has 0 aliphatic heterocycles. The van der Waals surface area contributed by atoms with Crippen molar-refractivity contribution in [2.24, 2.45) is 5.92 Å². The van der Waals surface area contributed by atoms with Crippen molar-refractivity contribution in [2.45, 2.75) is 71.4 Å². The average Bonchev–Trinajstić information content (AvgIpc) is 3.08. The Bertz CT molecular complexity index is 295. The SMILES string of the molecule is CCCCNC(C)(CNC(=O)OC(C)(C)C)C1CC1. The zero-order valence-electron chi connectivity index (χ0n) is 13.1. The van der Waals surface area contributed by atoms with Crippen molar-refractivity contribution in [3.63, 3.8) is 0 Å². The van der Waals surface area contributed by atoms with E-state index in [4.69, 9.17) is 4.74 Å². The largest absolute Gasteiger partial charge is 0.444 e. The fourth-order valence-corrected chi connectivity index (χ4v) is 2.19. The van der Waals surface area contributed by atoms with Crippen LogP contribution in [0.25, 0.3) is 0 Å². The number of nitrogens with one attached hydrogen (secondary N) is 2. The Kier molecular flexibility index (Phi) is 5.65. The lowest BCUT2D eigenvalue weighted by Gasteiger charge is -2.32. The minimum atomic E-state index is -0.435. The molecule has 0 heterocycles. The van der Waals surface area contributed by atoms with Crippen molar-refractivity contribution in [1.29, 1.82) is 0 Å². The molecule has 0 bridgehead atoms. The van der Waals surface area contributed by atoms with Gasteiger partial charge in [0.1, 0.15) is 5.60 Å². The van der Waals surface area contributed by atoms with Gasteiger partial charge in [0.25, 0.3) is 0 Å². The Morgan fingerprint density at radius 2 is 1.89 bits per heavy atom. The molecule has 1 aliphatic carbocycles. The van der Waals surface area contributed by atoms with Gasteiger partial charge in [-0.2, -0.15) is 0 Å². The number of ether oxygens (including phenoxy) is 1. The minimum Gasteiger partial charge on any atom is -0.444 e. The van der Waals surface area contributed by atoms with E-state index in [9.17, 15) is 4.79 Å². The summed E-state index contributed by atoms with van der Waals surface area (Å²) in [6.07, 6.45) is 4.55. The first-order valence-corrected chi connectivity index (χ1v) is 7.49. The lowest BCUT2D eigenvalue weighted by Crippen LogP contribution is -2.53. The highest BCUT2D eigenvalue weighted by atomic mass is 16.6. The second-order valence-corrected chi connectivity index (χ2v) is 6.83. The summed E-state index contributed by atoms with van der Waals surface area (Å²) in [6.45, 7) is 11.7. The third-order valence-corrected chi connectivity index (χ3v) is 3.54. The number of alkyl carbamates (subject to hydrolysis) is 1. The maximum Gasteiger partial charge on any atom is 0.407 e. The van der Waals surface area contributed by atoms with Gasteiger partial charge in [-0.25, -0.2) is 4.79 Å². The number of hydrogen-bond donors (Lipinski definition) is 2. The number of carbonyl (C=O) groups is 1. The molecule has 0 radical (unpaired) electrons. The lowest BCUT2D eigenvalue weighted by atomic mass is 9.95. The predicted molar refractivity (Wildman–Crippen MR) is 78.3 cm³/mol. The van der Waals surface area contributed by atoms with Crippen molar-refractivity contribution in [3.8, 4) is 0 Å². The Hall–Kier alpha value is -0.770. The van der Waals surface area contributed by atoms with E-state index in [1.165, 1.54) is 25.7 Å². The monoisotopic (exact) mass is 270 g/mol. The Labute approximate surface area is 117 Å². The number of carbonyl (C=O) groups excluding carboxylic acids is 1. The molecule has 4 nitrogen and oxygen atoms in total. The Morgan fingerprint density at radius 3 is 2.37 bits per heavy atom. The van der Waals surface area contributed by atoms with Gasteiger partial charge < -0.3 is 15.4 Å². The van der Waals surface area contributed by atoms with Crippen molar-refractivity contribution in [3.05, 3.63) is 0 Å². The molecular formula is C15H30N2O2. The number of unbranched alkanes of at least 4 members (excludes halogenated alkanes) is 1. The summed E-state index contributed by atoms with van der Waals surface area (Å²) in [5.74, 6) is 0.680. The molecule has 0 spiro atoms. The first-order chi connectivity index (χ1) is 8.77. The highest BCUT2D eigenvalue weighted by molar-refractivity contribution is 5.67. The fourth-order valence-electron chi connectivity index (χ4n) is 2.19. The van der Waals surface area contributed by atoms with Gasteiger partial charge in [-0.05, 0) is 59.4 Å². The molecule has 1 aliphatic rings. The van der Waals surface area contributed by atoms with Gasteiger partial charge in [0.05, 0.1) is 0 Å². The third-order valence-electron chi connectivity index (χ3n) is 3.54. The first kappa shape index (κ1) is 16.3. The molecule has 112 valence electrons. The Morgan fingerprint density at radius 1 is 1.26 bits per heavy atom. The molecule has 19 heavy (non-hydrogen) atoms. The van der Waals surface area contributed by atoms with E-state index in [1.807, 2.05) is 20.8 Å². The summed E-state index contributed by atoms with van der Waals surface area (Å²) >= 11 is 0. The fraction of sp³-hybridized carbons (Fsp3) is 0.933. The summed E-state index contributed by atoms with van der Waals surface area (Å²) in [5, 5.41) is 6.51. The molecule has 1 atom stereocenters. The van der Waals surface area contributed by atoms with Crippen molar-refractivity contribution >= 4 is 6.09 Å². The summed E-state index contributed by atoms with van der Waals surface area (Å²) in [6, 6.07) is 0. The van der Waals surface area contributed by atoms with Crippen LogP contribution in [0.1, 0.15) is 60.3 Å². The smallest absolute Gasteiger partial charge is 0.407 e. The van der Waals surface area contributed by atoms with Gasteiger partial charge in [-0.3, -0.25) is 0 Å². The molecular weight excluding hydrogens is 240 g/mol. The molecule has 0 saturated heterocycles. The second-order valence-electron chi connectivity index (χ2n) is 6.83. The highest BCUT2D eigenvalue weighted by Gasteiger charge is 2.41. The zero-order valence-corrected chi connectivity index (χ0v) is 13.1. The molecule has 0 aromatic rings. The first-order valence-electron chi connectivity index (χ1n) is 7.49. The van der Waals surface area contributed by atoms with Gasteiger partial charge in [0, 0.05) is 12.1 Å². The molecule has 0 aromatic carbocycles. The normalized spacial score (nSPS) is 18.8. The van der Waals surface area contributed by atoms with E-state index < -0.39 is 5.60 Å². The zero-order chi connectivity index (χ0) is 14.5. The summed E-state index contributed by atoms with van der Waals surface area (Å²) in [4.78, 5) is 11.7. The number of amides is 1. The topological polar surface area (TPSA) is 50.4 Å². The molecule has 2 N–H and O–H groups in total. The molecule has 1 rings (SSSR count). The van der Waals surface area contributed by atoms with E-state index in [2.05, 4.69) is 24.5 Å². The van der Waals surface area contributed by atoms with Gasteiger partial charge in [0.15, 0.2) is 0 Å². The molecule has 1 saturated carbocycles. The Balaban J connectivity index is 2.39. The van der Waals surface area contributed by atoms with E-state index in [1.54, 1.807) is 0 Å². The minimum absolute atomic E-state index is 0.00603. The van der Waals surface area contributed by atoms with Gasteiger partial charge in [-0.15, -0.1) is 0 Å². The molecule has 0 aromatic heterocycles. The standard InChI is InChI=1S/C15H30N2O2/c1-6-7-10-17-15(5,12-8-9-12)11-16-13(18)19-14(2,3)4/h12,17H,6-11H2,1-5H3,(H,16,18). The number of hydrogen-bond acceptors (Lipinski definition) is 3. The van der Waals surface area contributed by atoms with E-state index in [0.29, 0.717) is 12.5 Å².